The summed E-state index contributed by atoms with van der Waals surface area (Å²) in [6.45, 7) is 8.09. The van der Waals surface area contributed by atoms with Gasteiger partial charge in [-0.05, 0) is 6.07 Å². The number of rotatable bonds is 5. The van der Waals surface area contributed by atoms with Gasteiger partial charge in [-0.2, -0.15) is 0 Å². The molecule has 114 valence electrons. The van der Waals surface area contributed by atoms with E-state index in [-0.39, 0.29) is 0 Å². The molecule has 0 spiro atoms. The lowest BCUT2D eigenvalue weighted by atomic mass is 10.3. The third-order valence-electron chi connectivity index (χ3n) is 2.73. The zero-order chi connectivity index (χ0) is 14.8. The van der Waals surface area contributed by atoms with Crippen LogP contribution in [0.2, 0.25) is 0 Å². The maximum Gasteiger partial charge on any atom is 0.237 e. The van der Waals surface area contributed by atoms with E-state index in [9.17, 15) is 0 Å². The van der Waals surface area contributed by atoms with Gasteiger partial charge in [0, 0.05) is 20.2 Å². The predicted octanol–water partition coefficient (Wildman–Crippen LogP) is 1.55. The van der Waals surface area contributed by atoms with E-state index in [0.29, 0.717) is 38.0 Å². The van der Waals surface area contributed by atoms with Gasteiger partial charge in [-0.15, -0.1) is 0 Å². The van der Waals surface area contributed by atoms with Crippen LogP contribution in [-0.2, 0) is 9.47 Å². The van der Waals surface area contributed by atoms with E-state index in [1.54, 1.807) is 13.3 Å². The Hall–Kier alpha value is -1.53. The van der Waals surface area contributed by atoms with Gasteiger partial charge in [0.2, 0.25) is 5.88 Å². The summed E-state index contributed by atoms with van der Waals surface area (Å²) in [5, 5.41) is 0. The third-order valence-corrected chi connectivity index (χ3v) is 2.73. The zero-order valence-corrected chi connectivity index (χ0v) is 12.6. The Morgan fingerprint density at radius 1 is 1.30 bits per heavy atom. The fraction of sp³-hybridized carbons (Fsp3) is 0.643. The molecule has 2 N–H and O–H groups in total. The van der Waals surface area contributed by atoms with Gasteiger partial charge in [0.15, 0.2) is 0 Å². The van der Waals surface area contributed by atoms with Gasteiger partial charge in [0.1, 0.15) is 12.3 Å². The number of aromatic nitrogens is 1. The van der Waals surface area contributed by atoms with Crippen molar-refractivity contribution in [1.82, 2.24) is 4.98 Å². The fourth-order valence-electron chi connectivity index (χ4n) is 1.82. The van der Waals surface area contributed by atoms with E-state index in [1.165, 1.54) is 0 Å². The number of nitrogens with two attached hydrogens (primary N) is 1. The second kappa shape index (κ2) is 9.39. The van der Waals surface area contributed by atoms with Crippen molar-refractivity contribution in [3.8, 4) is 5.88 Å². The summed E-state index contributed by atoms with van der Waals surface area (Å²) in [7, 11) is 1.64. The Balaban J connectivity index is 0.000000956. The smallest absolute Gasteiger partial charge is 0.237 e. The van der Waals surface area contributed by atoms with E-state index in [1.807, 2.05) is 19.9 Å². The molecule has 0 radical (unpaired) electrons. The van der Waals surface area contributed by atoms with Crippen LogP contribution in [0.1, 0.15) is 13.8 Å². The van der Waals surface area contributed by atoms with Crippen LogP contribution in [0.5, 0.6) is 5.88 Å². The van der Waals surface area contributed by atoms with Crippen molar-refractivity contribution in [3.63, 3.8) is 0 Å². The van der Waals surface area contributed by atoms with Crippen LogP contribution in [0.25, 0.3) is 0 Å². The minimum absolute atomic E-state index is 0.477. The van der Waals surface area contributed by atoms with Crippen molar-refractivity contribution < 1.29 is 14.2 Å². The second-order valence-electron chi connectivity index (χ2n) is 4.03. The van der Waals surface area contributed by atoms with Gasteiger partial charge in [0.05, 0.1) is 31.7 Å². The van der Waals surface area contributed by atoms with Crippen molar-refractivity contribution >= 4 is 11.4 Å². The van der Waals surface area contributed by atoms with E-state index in [2.05, 4.69) is 9.88 Å². The first-order chi connectivity index (χ1) is 9.81. The van der Waals surface area contributed by atoms with Crippen molar-refractivity contribution in [2.24, 2.45) is 0 Å². The Kier molecular flexibility index (Phi) is 7.75. The number of hydrogen-bond acceptors (Lipinski definition) is 6. The van der Waals surface area contributed by atoms with E-state index in [0.717, 1.165) is 18.8 Å². The summed E-state index contributed by atoms with van der Waals surface area (Å²) in [5.74, 6) is 0.600. The average molecular weight is 283 g/mol. The molecular weight excluding hydrogens is 258 g/mol. The van der Waals surface area contributed by atoms with Gasteiger partial charge in [-0.3, -0.25) is 0 Å². The summed E-state index contributed by atoms with van der Waals surface area (Å²) >= 11 is 0. The fourth-order valence-corrected chi connectivity index (χ4v) is 1.82. The van der Waals surface area contributed by atoms with Crippen LogP contribution in [-0.4, -0.2) is 51.6 Å². The van der Waals surface area contributed by atoms with Gasteiger partial charge in [-0.1, -0.05) is 13.8 Å². The molecule has 1 aromatic rings. The van der Waals surface area contributed by atoms with Crippen LogP contribution in [0.4, 0.5) is 11.4 Å². The second-order valence-corrected chi connectivity index (χ2v) is 4.03. The first kappa shape index (κ1) is 16.5. The summed E-state index contributed by atoms with van der Waals surface area (Å²) in [6, 6.07) is 1.89. The van der Waals surface area contributed by atoms with Crippen LogP contribution < -0.4 is 15.4 Å². The highest BCUT2D eigenvalue weighted by atomic mass is 16.5. The first-order valence-electron chi connectivity index (χ1n) is 7.01. The molecule has 1 aliphatic rings. The summed E-state index contributed by atoms with van der Waals surface area (Å²) in [6.07, 6.45) is 1.60. The molecule has 20 heavy (non-hydrogen) atoms. The van der Waals surface area contributed by atoms with Crippen molar-refractivity contribution in [2.75, 3.05) is 57.3 Å². The summed E-state index contributed by atoms with van der Waals surface area (Å²) < 4.78 is 15.9. The number of ether oxygens (including phenoxy) is 3. The molecule has 1 aliphatic heterocycles. The van der Waals surface area contributed by atoms with E-state index in [4.69, 9.17) is 19.9 Å². The lowest BCUT2D eigenvalue weighted by molar-refractivity contribution is 0.121. The number of hydrogen-bond donors (Lipinski definition) is 1. The van der Waals surface area contributed by atoms with Crippen LogP contribution >= 0.6 is 0 Å². The quantitative estimate of drug-likeness (QED) is 0.827. The maximum absolute atomic E-state index is 5.79. The van der Waals surface area contributed by atoms with E-state index >= 15 is 0 Å². The number of pyridine rings is 1. The molecule has 0 aromatic carbocycles. The minimum Gasteiger partial charge on any atom is -0.474 e. The lowest BCUT2D eigenvalue weighted by Crippen LogP contribution is -2.36. The molecule has 1 saturated heterocycles. The number of nitrogens with zero attached hydrogens (tertiary/aromatic N) is 2. The van der Waals surface area contributed by atoms with Crippen molar-refractivity contribution in [2.45, 2.75) is 13.8 Å². The normalized spacial score (nSPS) is 14.4. The predicted molar refractivity (Wildman–Crippen MR) is 80.4 cm³/mol. The highest BCUT2D eigenvalue weighted by Gasteiger charge is 2.17. The lowest BCUT2D eigenvalue weighted by Gasteiger charge is -2.29. The van der Waals surface area contributed by atoms with Gasteiger partial charge < -0.3 is 24.8 Å². The number of anilines is 2. The van der Waals surface area contributed by atoms with E-state index < -0.39 is 0 Å². The molecule has 6 heteroatoms. The third kappa shape index (κ3) is 4.86. The molecule has 6 nitrogen and oxygen atoms in total. The molecule has 2 heterocycles. The molecule has 0 bridgehead atoms. The number of methoxy groups -OCH3 is 1. The molecule has 0 amide bonds. The van der Waals surface area contributed by atoms with Gasteiger partial charge in [-0.25, -0.2) is 4.98 Å². The number of morpholine rings is 1. The molecule has 2 rings (SSSR count). The first-order valence-corrected chi connectivity index (χ1v) is 7.01. The highest BCUT2D eigenvalue weighted by molar-refractivity contribution is 5.61. The SMILES string of the molecule is CC.COCCOc1ncc(N)cc1N1CCOCC1. The molecular formula is C14H25N3O3. The molecule has 0 unspecified atom stereocenters. The van der Waals surface area contributed by atoms with Crippen molar-refractivity contribution in [3.05, 3.63) is 12.3 Å². The Bertz CT molecular complexity index is 382. The molecule has 0 aliphatic carbocycles. The molecule has 0 saturated carbocycles. The van der Waals surface area contributed by atoms with Crippen LogP contribution in [0.3, 0.4) is 0 Å². The number of nitrogen functional groups attached to an aromatic ring is 1. The molecule has 0 atom stereocenters. The summed E-state index contributed by atoms with van der Waals surface area (Å²) in [4.78, 5) is 6.42. The maximum atomic E-state index is 5.79. The largest absolute Gasteiger partial charge is 0.474 e. The monoisotopic (exact) mass is 283 g/mol. The standard InChI is InChI=1S/C12H19N3O3.C2H6/c1-16-6-7-18-12-11(8-10(13)9-14-12)15-2-4-17-5-3-15;1-2/h8-9H,2-7,13H2,1H3;1-2H3. The highest BCUT2D eigenvalue weighted by Crippen LogP contribution is 2.28. The zero-order valence-electron chi connectivity index (χ0n) is 12.6. The molecule has 1 fully saturated rings. The van der Waals surface area contributed by atoms with Crippen LogP contribution in [0.15, 0.2) is 12.3 Å². The summed E-state index contributed by atoms with van der Waals surface area (Å²) in [5.41, 5.74) is 7.35. The van der Waals surface area contributed by atoms with Crippen LogP contribution in [0, 0.1) is 0 Å². The average Bonchev–Trinajstić information content (AvgIpc) is 2.52. The van der Waals surface area contributed by atoms with Gasteiger partial charge >= 0.3 is 0 Å². The minimum atomic E-state index is 0.477. The van der Waals surface area contributed by atoms with Gasteiger partial charge in [0.25, 0.3) is 0 Å². The Labute approximate surface area is 120 Å². The molecule has 1 aromatic heterocycles. The Morgan fingerprint density at radius 3 is 2.65 bits per heavy atom. The van der Waals surface area contributed by atoms with Crippen molar-refractivity contribution in [1.29, 1.82) is 0 Å². The Morgan fingerprint density at radius 2 is 2.00 bits per heavy atom. The topological polar surface area (TPSA) is 69.8 Å².